The van der Waals surface area contributed by atoms with Crippen molar-refractivity contribution in [3.63, 3.8) is 0 Å². The van der Waals surface area contributed by atoms with Gasteiger partial charge in [-0.1, -0.05) is 90.5 Å². The summed E-state index contributed by atoms with van der Waals surface area (Å²) in [5, 5.41) is 10.8. The fourth-order valence-corrected chi connectivity index (χ4v) is 6.95. The Bertz CT molecular complexity index is 2170. The summed E-state index contributed by atoms with van der Waals surface area (Å²) >= 11 is 9.08. The van der Waals surface area contributed by atoms with E-state index in [1.807, 2.05) is 72.1 Å². The third-order valence-corrected chi connectivity index (χ3v) is 9.93. The molecule has 0 spiro atoms. The number of carbonyl (C=O) groups is 3. The predicted molar refractivity (Wildman–Crippen MR) is 206 cm³/mol. The van der Waals surface area contributed by atoms with Gasteiger partial charge in [-0.25, -0.2) is 4.98 Å². The van der Waals surface area contributed by atoms with Gasteiger partial charge in [0, 0.05) is 32.1 Å². The van der Waals surface area contributed by atoms with Crippen LogP contribution in [0.3, 0.4) is 0 Å². The number of methoxy groups -OCH3 is 1. The molecule has 0 bridgehead atoms. The van der Waals surface area contributed by atoms with Crippen LogP contribution in [0.2, 0.25) is 5.02 Å². The molecule has 3 amide bonds. The molecule has 0 saturated carbocycles. The van der Waals surface area contributed by atoms with Crippen molar-refractivity contribution in [2.45, 2.75) is 10.1 Å². The Balaban J connectivity index is 1.18. The van der Waals surface area contributed by atoms with Crippen LogP contribution in [0.4, 0.5) is 10.8 Å². The van der Waals surface area contributed by atoms with Gasteiger partial charge in [-0.05, 0) is 71.8 Å². The molecule has 0 saturated heterocycles. The minimum atomic E-state index is -0.594. The van der Waals surface area contributed by atoms with Crippen molar-refractivity contribution in [3.05, 3.63) is 166 Å². The van der Waals surface area contributed by atoms with Crippen molar-refractivity contribution >= 4 is 69.3 Å². The van der Waals surface area contributed by atoms with Gasteiger partial charge in [0.2, 0.25) is 5.91 Å². The average Bonchev–Trinajstić information content (AvgIpc) is 3.63. The number of nitrogens with zero attached hydrogens (tertiary/aromatic N) is 1. The van der Waals surface area contributed by atoms with E-state index in [1.165, 1.54) is 29.2 Å². The summed E-state index contributed by atoms with van der Waals surface area (Å²) in [6.07, 6.45) is 1.54. The molecule has 0 aliphatic carbocycles. The van der Waals surface area contributed by atoms with Crippen LogP contribution in [-0.2, 0) is 9.59 Å². The zero-order chi connectivity index (χ0) is 35.6. The monoisotopic (exact) mass is 730 g/mol. The predicted octanol–water partition coefficient (Wildman–Crippen LogP) is 9.35. The Kier molecular flexibility index (Phi) is 11.6. The lowest BCUT2D eigenvalue weighted by Gasteiger charge is -2.17. The quantitative estimate of drug-likeness (QED) is 0.0856. The maximum absolute atomic E-state index is 13.7. The van der Waals surface area contributed by atoms with E-state index in [4.69, 9.17) is 16.3 Å². The van der Waals surface area contributed by atoms with Crippen molar-refractivity contribution in [3.8, 4) is 17.0 Å². The van der Waals surface area contributed by atoms with Crippen LogP contribution in [0.1, 0.15) is 26.7 Å². The number of para-hydroxylation sites is 1. The van der Waals surface area contributed by atoms with Gasteiger partial charge in [-0.15, -0.1) is 23.1 Å². The number of aromatic nitrogens is 1. The summed E-state index contributed by atoms with van der Waals surface area (Å²) in [4.78, 5) is 45.7. The second-order valence-electron chi connectivity index (χ2n) is 11.0. The zero-order valence-electron chi connectivity index (χ0n) is 27.2. The minimum absolute atomic E-state index is 0.0206. The van der Waals surface area contributed by atoms with Crippen molar-refractivity contribution in [1.29, 1.82) is 0 Å². The van der Waals surface area contributed by atoms with Crippen molar-refractivity contribution in [1.82, 2.24) is 10.3 Å². The zero-order valence-corrected chi connectivity index (χ0v) is 29.6. The summed E-state index contributed by atoms with van der Waals surface area (Å²) in [7, 11) is 1.61. The first-order valence-corrected chi connectivity index (χ1v) is 17.9. The molecule has 11 heteroatoms. The molecule has 254 valence electrons. The molecule has 0 aliphatic rings. The molecule has 5 aromatic carbocycles. The number of nitrogens with one attached hydrogen (secondary N) is 3. The number of halogens is 1. The molecule has 1 aromatic heterocycles. The molecule has 1 atom stereocenters. The van der Waals surface area contributed by atoms with Crippen LogP contribution in [0.5, 0.6) is 5.75 Å². The van der Waals surface area contributed by atoms with Gasteiger partial charge in [-0.3, -0.25) is 14.4 Å². The highest BCUT2D eigenvalue weighted by Gasteiger charge is 2.24. The first kappa shape index (κ1) is 35.2. The van der Waals surface area contributed by atoms with Gasteiger partial charge in [0.05, 0.1) is 12.8 Å². The molecule has 8 nitrogen and oxygen atoms in total. The molecule has 0 fully saturated rings. The molecular weight excluding hydrogens is 700 g/mol. The van der Waals surface area contributed by atoms with Gasteiger partial charge in [0.15, 0.2) is 5.13 Å². The largest absolute Gasteiger partial charge is 0.496 e. The van der Waals surface area contributed by atoms with Crippen LogP contribution >= 0.6 is 34.7 Å². The van der Waals surface area contributed by atoms with E-state index in [9.17, 15) is 14.4 Å². The fourth-order valence-electron chi connectivity index (χ4n) is 5.02. The maximum atomic E-state index is 13.7. The molecule has 0 aliphatic heterocycles. The van der Waals surface area contributed by atoms with E-state index in [1.54, 1.807) is 73.8 Å². The number of thiazole rings is 1. The van der Waals surface area contributed by atoms with E-state index >= 15 is 0 Å². The lowest BCUT2D eigenvalue weighted by atomic mass is 10.1. The number of benzene rings is 5. The van der Waals surface area contributed by atoms with E-state index < -0.39 is 17.1 Å². The molecule has 6 rings (SSSR count). The first-order chi connectivity index (χ1) is 24.9. The average molecular weight is 731 g/mol. The molecule has 1 heterocycles. The molecule has 1 unspecified atom stereocenters. The summed E-state index contributed by atoms with van der Waals surface area (Å²) in [5.41, 5.74) is 3.86. The van der Waals surface area contributed by atoms with Crippen LogP contribution in [0.25, 0.3) is 17.3 Å². The normalized spacial score (nSPS) is 11.7. The Morgan fingerprint density at radius 1 is 0.804 bits per heavy atom. The molecule has 3 N–H and O–H groups in total. The van der Waals surface area contributed by atoms with Crippen LogP contribution in [0, 0.1) is 0 Å². The minimum Gasteiger partial charge on any atom is -0.496 e. The summed E-state index contributed by atoms with van der Waals surface area (Å²) in [6.45, 7) is 0. The van der Waals surface area contributed by atoms with Gasteiger partial charge < -0.3 is 20.7 Å². The third kappa shape index (κ3) is 9.11. The number of thioether (sulfide) groups is 1. The number of carbonyl (C=O) groups excluding carboxylic acids is 3. The maximum Gasteiger partial charge on any atom is 0.272 e. The molecule has 6 aromatic rings. The van der Waals surface area contributed by atoms with E-state index in [0.29, 0.717) is 38.4 Å². The van der Waals surface area contributed by atoms with Gasteiger partial charge >= 0.3 is 0 Å². The Morgan fingerprint density at radius 3 is 2.20 bits per heavy atom. The number of amides is 3. The molecule has 0 radical (unpaired) electrons. The highest BCUT2D eigenvalue weighted by Crippen LogP contribution is 2.38. The SMILES string of the molecule is COc1ccccc1-c1csc(NC(=O)C(Sc2ccc(NC(=O)/C(=C/c3ccccc3Cl)NC(=O)c3ccccc3)cc2)c2ccccc2)n1. The number of hydrogen-bond donors (Lipinski definition) is 3. The Morgan fingerprint density at radius 2 is 1.47 bits per heavy atom. The fraction of sp³-hybridized carbons (Fsp3) is 0.0500. The Labute approximate surface area is 308 Å². The first-order valence-electron chi connectivity index (χ1n) is 15.7. The number of hydrogen-bond acceptors (Lipinski definition) is 7. The van der Waals surface area contributed by atoms with E-state index in [0.717, 1.165) is 16.0 Å². The molecular formula is C40H31ClN4O4S2. The standard InChI is InChI=1S/C40H31ClN4O4S2/c1-49-35-19-11-9-17-31(35)34-25-50-40(44-34)45-39(48)36(26-12-4-2-5-13-26)51-30-22-20-29(21-23-30)42-38(47)33(24-28-16-8-10-18-32(28)41)43-37(46)27-14-6-3-7-15-27/h2-25,36H,1H3,(H,42,47)(H,43,46)(H,44,45,48)/b33-24-. The number of ether oxygens (including phenoxy) is 1. The highest BCUT2D eigenvalue weighted by atomic mass is 35.5. The van der Waals surface area contributed by atoms with Gasteiger partial charge in [0.1, 0.15) is 16.7 Å². The van der Waals surface area contributed by atoms with E-state index in [-0.39, 0.29) is 11.6 Å². The third-order valence-electron chi connectivity index (χ3n) is 7.56. The number of anilines is 2. The number of rotatable bonds is 12. The van der Waals surface area contributed by atoms with Crippen molar-refractivity contribution in [2.75, 3.05) is 17.7 Å². The van der Waals surface area contributed by atoms with Crippen LogP contribution in [0.15, 0.2) is 149 Å². The smallest absolute Gasteiger partial charge is 0.272 e. The second-order valence-corrected chi connectivity index (χ2v) is 13.5. The van der Waals surface area contributed by atoms with Gasteiger partial charge in [0.25, 0.3) is 11.8 Å². The van der Waals surface area contributed by atoms with Gasteiger partial charge in [-0.2, -0.15) is 0 Å². The van der Waals surface area contributed by atoms with Crippen molar-refractivity contribution in [2.24, 2.45) is 0 Å². The lowest BCUT2D eigenvalue weighted by molar-refractivity contribution is -0.116. The summed E-state index contributed by atoms with van der Waals surface area (Å²) < 4.78 is 5.48. The lowest BCUT2D eigenvalue weighted by Crippen LogP contribution is -2.30. The molecule has 51 heavy (non-hydrogen) atoms. The highest BCUT2D eigenvalue weighted by molar-refractivity contribution is 8.00. The van der Waals surface area contributed by atoms with Crippen LogP contribution < -0.4 is 20.7 Å². The Hall–Kier alpha value is -5.68. The van der Waals surface area contributed by atoms with E-state index in [2.05, 4.69) is 20.9 Å². The second kappa shape index (κ2) is 16.8. The van der Waals surface area contributed by atoms with Crippen molar-refractivity contribution < 1.29 is 19.1 Å². The summed E-state index contributed by atoms with van der Waals surface area (Å²) in [6, 6.07) is 39.9. The topological polar surface area (TPSA) is 109 Å². The summed E-state index contributed by atoms with van der Waals surface area (Å²) in [5.74, 6) is -0.498. The van der Waals surface area contributed by atoms with Crippen LogP contribution in [-0.4, -0.2) is 29.8 Å².